The van der Waals surface area contributed by atoms with Gasteiger partial charge in [-0.25, -0.2) is 4.98 Å². The van der Waals surface area contributed by atoms with Gasteiger partial charge in [-0.2, -0.15) is 0 Å². The molecular formula is C57H48N4O. The minimum atomic E-state index is -0.352. The van der Waals surface area contributed by atoms with E-state index in [0.29, 0.717) is 6.61 Å². The molecule has 10 aromatic rings. The number of imidazole rings is 1. The maximum Gasteiger partial charge on any atom is 0.269 e. The minimum Gasteiger partial charge on any atom is -0.366 e. The van der Waals surface area contributed by atoms with Crippen molar-refractivity contribution < 1.29 is 9.30 Å². The van der Waals surface area contributed by atoms with Crippen molar-refractivity contribution in [2.75, 3.05) is 0 Å². The zero-order chi connectivity index (χ0) is 42.2. The van der Waals surface area contributed by atoms with Gasteiger partial charge in [0.15, 0.2) is 0 Å². The lowest BCUT2D eigenvalue weighted by molar-refractivity contribution is -0.571. The lowest BCUT2D eigenvalue weighted by Crippen LogP contribution is -2.31. The van der Waals surface area contributed by atoms with Crippen LogP contribution < -0.4 is 4.57 Å². The fourth-order valence-corrected chi connectivity index (χ4v) is 9.66. The Morgan fingerprint density at radius 1 is 0.645 bits per heavy atom. The van der Waals surface area contributed by atoms with Crippen molar-refractivity contribution in [1.82, 2.24) is 14.1 Å². The molecular weight excluding hydrogens is 757 g/mol. The quantitative estimate of drug-likeness (QED) is 0.119. The third-order valence-corrected chi connectivity index (χ3v) is 12.7. The number of pyridine rings is 1. The molecule has 0 bridgehead atoms. The molecule has 1 aliphatic rings. The molecule has 3 aromatic heterocycles. The van der Waals surface area contributed by atoms with Gasteiger partial charge in [0.2, 0.25) is 0 Å². The maximum absolute atomic E-state index is 6.14. The van der Waals surface area contributed by atoms with Crippen LogP contribution in [-0.2, 0) is 28.8 Å². The minimum absolute atomic E-state index is 0.0500. The van der Waals surface area contributed by atoms with E-state index in [4.69, 9.17) is 9.72 Å². The summed E-state index contributed by atoms with van der Waals surface area (Å²) in [7, 11) is 0. The molecule has 302 valence electrons. The van der Waals surface area contributed by atoms with E-state index in [0.717, 1.165) is 62.4 Å². The van der Waals surface area contributed by atoms with Gasteiger partial charge < -0.3 is 4.74 Å². The number of nitrogens with zero attached hydrogens (tertiary/aromatic N) is 4. The van der Waals surface area contributed by atoms with Crippen LogP contribution in [0.3, 0.4) is 0 Å². The van der Waals surface area contributed by atoms with Crippen LogP contribution in [0.1, 0.15) is 62.4 Å². The Hall–Kier alpha value is -7.08. The summed E-state index contributed by atoms with van der Waals surface area (Å²) in [5.74, 6) is 0.912. The van der Waals surface area contributed by atoms with Crippen molar-refractivity contribution in [2.24, 2.45) is 0 Å². The summed E-state index contributed by atoms with van der Waals surface area (Å²) in [6, 6.07) is 61.7. The van der Waals surface area contributed by atoms with Gasteiger partial charge in [-0.15, -0.1) is 0 Å². The van der Waals surface area contributed by atoms with Gasteiger partial charge in [-0.1, -0.05) is 160 Å². The highest BCUT2D eigenvalue weighted by molar-refractivity contribution is 6.09. The molecule has 4 heterocycles. The second-order valence-electron chi connectivity index (χ2n) is 18.2. The van der Waals surface area contributed by atoms with Crippen molar-refractivity contribution in [2.45, 2.75) is 58.7 Å². The van der Waals surface area contributed by atoms with Gasteiger partial charge in [0, 0.05) is 22.5 Å². The molecule has 5 nitrogen and oxygen atoms in total. The molecule has 0 spiro atoms. The summed E-state index contributed by atoms with van der Waals surface area (Å²) in [6.45, 7) is 11.8. The molecule has 0 atom stereocenters. The zero-order valence-electron chi connectivity index (χ0n) is 35.9. The Morgan fingerprint density at radius 3 is 2.19 bits per heavy atom. The number of fused-ring (bicyclic) bond motifs is 5. The van der Waals surface area contributed by atoms with Crippen molar-refractivity contribution >= 4 is 32.8 Å². The van der Waals surface area contributed by atoms with E-state index in [2.05, 4.69) is 225 Å². The van der Waals surface area contributed by atoms with Crippen LogP contribution in [0.25, 0.3) is 72.3 Å². The number of para-hydroxylation sites is 4. The molecule has 0 amide bonds. The molecule has 5 heteroatoms. The van der Waals surface area contributed by atoms with Crippen LogP contribution in [0.2, 0.25) is 0 Å². The maximum atomic E-state index is 6.14. The highest BCUT2D eigenvalue weighted by atomic mass is 16.5. The first kappa shape index (κ1) is 37.9. The number of aromatic nitrogens is 4. The molecule has 0 saturated heterocycles. The van der Waals surface area contributed by atoms with E-state index in [-0.39, 0.29) is 11.0 Å². The van der Waals surface area contributed by atoms with E-state index in [1.54, 1.807) is 0 Å². The molecule has 11 rings (SSSR count). The van der Waals surface area contributed by atoms with Crippen molar-refractivity contribution in [3.05, 3.63) is 210 Å². The molecule has 0 N–H and O–H groups in total. The smallest absolute Gasteiger partial charge is 0.269 e. The molecule has 62 heavy (non-hydrogen) atoms. The molecule has 0 unspecified atom stereocenters. The first-order valence-corrected chi connectivity index (χ1v) is 21.6. The summed E-state index contributed by atoms with van der Waals surface area (Å²) >= 11 is 0. The van der Waals surface area contributed by atoms with Gasteiger partial charge >= 0.3 is 0 Å². The summed E-state index contributed by atoms with van der Waals surface area (Å²) in [6.07, 6.45) is 6.66. The Kier molecular flexibility index (Phi) is 8.88. The Labute approximate surface area is 363 Å². The van der Waals surface area contributed by atoms with Gasteiger partial charge in [0.25, 0.3) is 6.33 Å². The summed E-state index contributed by atoms with van der Waals surface area (Å²) in [4.78, 5) is 5.00. The van der Waals surface area contributed by atoms with E-state index in [1.165, 1.54) is 44.2 Å². The van der Waals surface area contributed by atoms with Crippen LogP contribution in [0.4, 0.5) is 0 Å². The lowest BCUT2D eigenvalue weighted by atomic mass is 9.81. The number of hydrogen-bond donors (Lipinski definition) is 0. The summed E-state index contributed by atoms with van der Waals surface area (Å²) in [5, 5.41) is 2.44. The fraction of sp³-hybridized carbons (Fsp3) is 0.158. The molecule has 0 saturated carbocycles. The van der Waals surface area contributed by atoms with Gasteiger partial charge in [0.1, 0.15) is 5.82 Å². The van der Waals surface area contributed by atoms with Gasteiger partial charge in [-0.05, 0) is 101 Å². The average molecular weight is 805 g/mol. The Morgan fingerprint density at radius 2 is 1.34 bits per heavy atom. The number of benzene rings is 7. The van der Waals surface area contributed by atoms with Crippen LogP contribution in [0.5, 0.6) is 0 Å². The second kappa shape index (κ2) is 14.5. The van der Waals surface area contributed by atoms with Crippen LogP contribution in [-0.4, -0.2) is 14.1 Å². The monoisotopic (exact) mass is 804 g/mol. The summed E-state index contributed by atoms with van der Waals surface area (Å²) in [5.41, 5.74) is 17.1. The first-order chi connectivity index (χ1) is 30.1. The predicted octanol–water partition coefficient (Wildman–Crippen LogP) is 13.2. The van der Waals surface area contributed by atoms with Crippen LogP contribution in [0.15, 0.2) is 176 Å². The number of ether oxygens (including phenoxy) is 1. The molecule has 0 radical (unpaired) electrons. The Balaban J connectivity index is 1.03. The van der Waals surface area contributed by atoms with E-state index in [1.807, 2.05) is 6.20 Å². The fourth-order valence-electron chi connectivity index (χ4n) is 9.66. The Bertz CT molecular complexity index is 3340. The van der Waals surface area contributed by atoms with Crippen LogP contribution >= 0.6 is 0 Å². The van der Waals surface area contributed by atoms with E-state index < -0.39 is 0 Å². The molecule has 0 aliphatic carbocycles. The van der Waals surface area contributed by atoms with Crippen molar-refractivity contribution in [3.63, 3.8) is 0 Å². The van der Waals surface area contributed by atoms with Crippen molar-refractivity contribution in [3.8, 4) is 39.4 Å². The average Bonchev–Trinajstić information content (AvgIpc) is 3.94. The normalized spacial score (nSPS) is 13.6. The number of hydrogen-bond acceptors (Lipinski definition) is 2. The van der Waals surface area contributed by atoms with Gasteiger partial charge in [-0.3, -0.25) is 13.7 Å². The predicted molar refractivity (Wildman–Crippen MR) is 252 cm³/mol. The lowest BCUT2D eigenvalue weighted by Gasteiger charge is -2.25. The second-order valence-corrected chi connectivity index (χ2v) is 18.2. The molecule has 1 aliphatic heterocycles. The molecule has 0 fully saturated rings. The number of rotatable bonds is 7. The topological polar surface area (TPSA) is 35.9 Å². The summed E-state index contributed by atoms with van der Waals surface area (Å²) < 4.78 is 13.0. The van der Waals surface area contributed by atoms with E-state index in [9.17, 15) is 0 Å². The highest BCUT2D eigenvalue weighted by Gasteiger charge is 2.32. The zero-order valence-corrected chi connectivity index (χ0v) is 35.9. The third kappa shape index (κ3) is 6.35. The first-order valence-electron chi connectivity index (χ1n) is 21.6. The van der Waals surface area contributed by atoms with Gasteiger partial charge in [0.05, 0.1) is 45.6 Å². The highest BCUT2D eigenvalue weighted by Crippen LogP contribution is 2.41. The third-order valence-electron chi connectivity index (χ3n) is 12.7. The molecule has 7 aromatic carbocycles. The standard InChI is InChI=1S/C57H48N4O/c1-56(2,3)48-25-11-9-21-44(48)47-24-16-23-43(40-18-7-6-8-19-40)55(47)60-37-59(51-27-13-14-28-52(51)60)42-20-15-17-38(32-42)31-39-29-30-46-45-22-10-12-26-50(45)61(53(46)33-39)54-34-49-41(35-58-54)36-62-57(49,4)5/h6-30,32-35H,31,36H2,1-5H3. The van der Waals surface area contributed by atoms with Crippen molar-refractivity contribution in [1.29, 1.82) is 0 Å². The van der Waals surface area contributed by atoms with E-state index >= 15 is 0 Å². The SMILES string of the molecule is CC(C)(C)c1ccccc1-c1cccc(-c2ccccc2)c1-[n+]1[c-]n(-c2cccc(Cc3ccc4c5ccccc5n(-c5cc6c(cn5)COC6(C)C)c4c3)c2)c2ccccc21. The largest absolute Gasteiger partial charge is 0.366 e. The van der Waals surface area contributed by atoms with Crippen LogP contribution in [0, 0.1) is 6.33 Å².